The molecule has 2 N–H and O–H groups in total. The van der Waals surface area contributed by atoms with Gasteiger partial charge in [-0.15, -0.1) is 0 Å². The minimum atomic E-state index is 0.227. The summed E-state index contributed by atoms with van der Waals surface area (Å²) >= 11 is 0. The van der Waals surface area contributed by atoms with E-state index in [2.05, 4.69) is 0 Å². The van der Waals surface area contributed by atoms with Crippen molar-refractivity contribution >= 4 is 0 Å². The van der Waals surface area contributed by atoms with Crippen LogP contribution < -0.4 is 5.73 Å². The Kier molecular flexibility index (Phi) is 2.68. The van der Waals surface area contributed by atoms with Crippen LogP contribution in [0.3, 0.4) is 0 Å². The van der Waals surface area contributed by atoms with Crippen LogP contribution in [0.25, 0.3) is 0 Å². The minimum Gasteiger partial charge on any atom is -0.324 e. The molecule has 0 heterocycles. The summed E-state index contributed by atoms with van der Waals surface area (Å²) in [5, 5.41) is 0. The molecule has 0 radical (unpaired) electrons. The predicted molar refractivity (Wildman–Crippen MR) is 33.1 cm³/mol. The molecule has 0 aromatic heterocycles. The summed E-state index contributed by atoms with van der Waals surface area (Å²) in [5.41, 5.74) is 6.73. The maximum atomic E-state index is 5.48. The van der Waals surface area contributed by atoms with Crippen LogP contribution in [0, 0.1) is 0 Å². The molecule has 0 saturated carbocycles. The molecule has 42 valence electrons. The van der Waals surface area contributed by atoms with Crippen LogP contribution in [0.2, 0.25) is 0 Å². The van der Waals surface area contributed by atoms with Crippen molar-refractivity contribution in [1.29, 1.82) is 0 Å². The van der Waals surface area contributed by atoms with Crippen LogP contribution in [0.15, 0.2) is 11.6 Å². The van der Waals surface area contributed by atoms with Gasteiger partial charge in [-0.3, -0.25) is 0 Å². The molecule has 0 aliphatic rings. The van der Waals surface area contributed by atoms with Gasteiger partial charge in [0.25, 0.3) is 0 Å². The highest BCUT2D eigenvalue weighted by molar-refractivity contribution is 5.02. The molecule has 0 rings (SSSR count). The summed E-state index contributed by atoms with van der Waals surface area (Å²) in [7, 11) is 0. The van der Waals surface area contributed by atoms with E-state index in [0.717, 1.165) is 0 Å². The first kappa shape index (κ1) is 6.70. The van der Waals surface area contributed by atoms with Gasteiger partial charge in [-0.25, -0.2) is 0 Å². The van der Waals surface area contributed by atoms with Crippen molar-refractivity contribution in [1.82, 2.24) is 0 Å². The highest BCUT2D eigenvalue weighted by Gasteiger charge is 1.90. The van der Waals surface area contributed by atoms with Crippen LogP contribution in [0.5, 0.6) is 0 Å². The smallest absolute Gasteiger partial charge is 0.0221 e. The summed E-state index contributed by atoms with van der Waals surface area (Å²) < 4.78 is 0. The topological polar surface area (TPSA) is 26.0 Å². The Morgan fingerprint density at radius 3 is 2.14 bits per heavy atom. The lowest BCUT2D eigenvalue weighted by Crippen LogP contribution is -2.15. The van der Waals surface area contributed by atoms with Crippen LogP contribution in [-0.4, -0.2) is 6.04 Å². The van der Waals surface area contributed by atoms with E-state index in [4.69, 9.17) is 5.73 Å². The molecule has 1 unspecified atom stereocenters. The molecule has 0 fully saturated rings. The second-order valence-electron chi connectivity index (χ2n) is 1.82. The molecule has 0 aromatic rings. The fraction of sp³-hybridized carbons (Fsp3) is 0.667. The van der Waals surface area contributed by atoms with Gasteiger partial charge in [0.05, 0.1) is 0 Å². The molecule has 0 spiro atoms. The van der Waals surface area contributed by atoms with Crippen LogP contribution in [0.4, 0.5) is 0 Å². The lowest BCUT2D eigenvalue weighted by molar-refractivity contribution is 0.858. The second-order valence-corrected chi connectivity index (χ2v) is 1.82. The van der Waals surface area contributed by atoms with Gasteiger partial charge >= 0.3 is 0 Å². The Morgan fingerprint density at radius 2 is 2.14 bits per heavy atom. The van der Waals surface area contributed by atoms with Crippen molar-refractivity contribution in [3.05, 3.63) is 11.6 Å². The predicted octanol–water partition coefficient (Wildman–Crippen LogP) is 1.30. The molecule has 7 heavy (non-hydrogen) atoms. The van der Waals surface area contributed by atoms with Gasteiger partial charge in [0.15, 0.2) is 0 Å². The van der Waals surface area contributed by atoms with Crippen LogP contribution >= 0.6 is 0 Å². The molecule has 0 aliphatic carbocycles. The summed E-state index contributed by atoms with van der Waals surface area (Å²) in [6.07, 6.45) is 2.03. The van der Waals surface area contributed by atoms with E-state index in [0.29, 0.717) is 0 Å². The molecular formula is C6H13N. The Morgan fingerprint density at radius 1 is 1.71 bits per heavy atom. The van der Waals surface area contributed by atoms with Gasteiger partial charge in [-0.1, -0.05) is 11.6 Å². The third-order valence-electron chi connectivity index (χ3n) is 1.17. The Balaban J connectivity index is 3.56. The average molecular weight is 99.2 g/mol. The highest BCUT2D eigenvalue weighted by Crippen LogP contribution is 1.94. The van der Waals surface area contributed by atoms with Gasteiger partial charge in [0.2, 0.25) is 0 Å². The summed E-state index contributed by atoms with van der Waals surface area (Å²) in [6, 6.07) is 0.227. The lowest BCUT2D eigenvalue weighted by atomic mass is 10.2. The number of allylic oxidation sites excluding steroid dienone is 1. The zero-order chi connectivity index (χ0) is 5.86. The molecule has 1 heteroatoms. The lowest BCUT2D eigenvalue weighted by Gasteiger charge is -2.01. The van der Waals surface area contributed by atoms with Gasteiger partial charge < -0.3 is 5.73 Å². The fourth-order valence-corrected chi connectivity index (χ4v) is 0.263. The maximum Gasteiger partial charge on any atom is 0.0221 e. The molecular weight excluding hydrogens is 86.1 g/mol. The van der Waals surface area contributed by atoms with E-state index in [-0.39, 0.29) is 6.04 Å². The SMILES string of the molecule is CC=C(C)C(C)N. The highest BCUT2D eigenvalue weighted by atomic mass is 14.6. The number of hydrogen-bond donors (Lipinski definition) is 1. The van der Waals surface area contributed by atoms with Gasteiger partial charge in [-0.05, 0) is 20.8 Å². The molecule has 0 aromatic carbocycles. The average Bonchev–Trinajstić information content (AvgIpc) is 1.65. The van der Waals surface area contributed by atoms with Crippen molar-refractivity contribution in [3.8, 4) is 0 Å². The zero-order valence-electron chi connectivity index (χ0n) is 5.23. The standard InChI is InChI=1S/C6H13N/c1-4-5(2)6(3)7/h4,6H,7H2,1-3H3. The van der Waals surface area contributed by atoms with Crippen molar-refractivity contribution in [2.75, 3.05) is 0 Å². The largest absolute Gasteiger partial charge is 0.324 e. The molecule has 0 aliphatic heterocycles. The van der Waals surface area contributed by atoms with E-state index in [1.807, 2.05) is 26.8 Å². The molecule has 1 nitrogen and oxygen atoms in total. The van der Waals surface area contributed by atoms with Gasteiger partial charge in [0.1, 0.15) is 0 Å². The molecule has 1 atom stereocenters. The zero-order valence-corrected chi connectivity index (χ0v) is 5.23. The summed E-state index contributed by atoms with van der Waals surface area (Å²) in [5.74, 6) is 0. The Bertz CT molecular complexity index is 72.2. The van der Waals surface area contributed by atoms with E-state index in [1.54, 1.807) is 0 Å². The van der Waals surface area contributed by atoms with Crippen LogP contribution in [0.1, 0.15) is 20.8 Å². The number of nitrogens with two attached hydrogens (primary N) is 1. The Labute approximate surface area is 45.2 Å². The normalized spacial score (nSPS) is 16.9. The number of rotatable bonds is 1. The Hall–Kier alpha value is -0.300. The van der Waals surface area contributed by atoms with Crippen molar-refractivity contribution in [3.63, 3.8) is 0 Å². The quantitative estimate of drug-likeness (QED) is 0.493. The van der Waals surface area contributed by atoms with Gasteiger partial charge in [0, 0.05) is 6.04 Å². The maximum absolute atomic E-state index is 5.48. The van der Waals surface area contributed by atoms with E-state index in [9.17, 15) is 0 Å². The molecule has 0 bridgehead atoms. The van der Waals surface area contributed by atoms with Gasteiger partial charge in [-0.2, -0.15) is 0 Å². The van der Waals surface area contributed by atoms with E-state index >= 15 is 0 Å². The first-order chi connectivity index (χ1) is 3.18. The first-order valence-electron chi connectivity index (χ1n) is 2.57. The van der Waals surface area contributed by atoms with E-state index < -0.39 is 0 Å². The third kappa shape index (κ3) is 2.40. The summed E-state index contributed by atoms with van der Waals surface area (Å²) in [6.45, 7) is 6.01. The van der Waals surface area contributed by atoms with Crippen LogP contribution in [-0.2, 0) is 0 Å². The first-order valence-corrected chi connectivity index (χ1v) is 2.57. The number of hydrogen-bond acceptors (Lipinski definition) is 1. The fourth-order valence-electron chi connectivity index (χ4n) is 0.263. The van der Waals surface area contributed by atoms with Crippen molar-refractivity contribution in [2.45, 2.75) is 26.8 Å². The second kappa shape index (κ2) is 2.80. The summed E-state index contributed by atoms with van der Waals surface area (Å²) in [4.78, 5) is 0. The van der Waals surface area contributed by atoms with Crippen molar-refractivity contribution in [2.24, 2.45) is 5.73 Å². The molecule has 0 amide bonds. The molecule has 0 saturated heterocycles. The minimum absolute atomic E-state index is 0.227. The van der Waals surface area contributed by atoms with E-state index in [1.165, 1.54) is 5.57 Å². The monoisotopic (exact) mass is 99.1 g/mol. The third-order valence-corrected chi connectivity index (χ3v) is 1.17. The van der Waals surface area contributed by atoms with Crippen molar-refractivity contribution < 1.29 is 0 Å².